The second kappa shape index (κ2) is 8.24. The van der Waals surface area contributed by atoms with Crippen LogP contribution in [0.5, 0.6) is 5.75 Å². The first kappa shape index (κ1) is 17.8. The Kier molecular flexibility index (Phi) is 6.98. The minimum atomic E-state index is -4.12. The van der Waals surface area contributed by atoms with Gasteiger partial charge in [-0.05, 0) is 31.3 Å². The van der Waals surface area contributed by atoms with Crippen molar-refractivity contribution in [2.24, 2.45) is 0 Å². The topological polar surface area (TPSA) is 24.5 Å². The number of ether oxygens (including phenoxy) is 1. The van der Waals surface area contributed by atoms with Crippen molar-refractivity contribution < 1.29 is 17.9 Å². The van der Waals surface area contributed by atoms with E-state index in [1.54, 1.807) is 19.1 Å². The van der Waals surface area contributed by atoms with Crippen LogP contribution in [0.2, 0.25) is 0 Å². The zero-order chi connectivity index (χ0) is 15.9. The van der Waals surface area contributed by atoms with Crippen LogP contribution < -0.4 is 10.1 Å². The molecule has 120 valence electrons. The fourth-order valence-electron chi connectivity index (χ4n) is 2.02. The number of rotatable bonds is 8. The highest BCUT2D eigenvalue weighted by atomic mass is 19.4. The molecule has 1 aromatic carbocycles. The van der Waals surface area contributed by atoms with Gasteiger partial charge in [0, 0.05) is 25.2 Å². The molecule has 0 radical (unpaired) electrons. The Labute approximate surface area is 124 Å². The lowest BCUT2D eigenvalue weighted by Crippen LogP contribution is -2.24. The molecule has 0 fully saturated rings. The lowest BCUT2D eigenvalue weighted by Gasteiger charge is -2.20. The van der Waals surface area contributed by atoms with E-state index in [4.69, 9.17) is 4.74 Å². The molecule has 0 unspecified atom stereocenters. The van der Waals surface area contributed by atoms with Gasteiger partial charge in [0.1, 0.15) is 5.75 Å². The molecule has 0 bridgehead atoms. The van der Waals surface area contributed by atoms with Crippen LogP contribution in [0.4, 0.5) is 13.2 Å². The molecule has 0 aromatic heterocycles. The maximum atomic E-state index is 12.2. The highest BCUT2D eigenvalue weighted by Gasteiger charge is 2.27. The molecule has 0 atom stereocenters. The van der Waals surface area contributed by atoms with Gasteiger partial charge in [-0.1, -0.05) is 13.0 Å². The summed E-state index contributed by atoms with van der Waals surface area (Å²) in [6, 6.07) is 5.80. The number of hydrogen-bond acceptors (Lipinski definition) is 3. The van der Waals surface area contributed by atoms with Crippen molar-refractivity contribution in [3.8, 4) is 5.75 Å². The molecule has 21 heavy (non-hydrogen) atoms. The van der Waals surface area contributed by atoms with Crippen LogP contribution in [0.3, 0.4) is 0 Å². The molecule has 1 rings (SSSR count). The third-order valence-electron chi connectivity index (χ3n) is 3.14. The third kappa shape index (κ3) is 6.82. The van der Waals surface area contributed by atoms with Crippen molar-refractivity contribution in [3.63, 3.8) is 0 Å². The predicted octanol–water partition coefficient (Wildman–Crippen LogP) is 3.19. The van der Waals surface area contributed by atoms with Crippen molar-refractivity contribution in [2.75, 3.05) is 27.2 Å². The molecular weight excluding hydrogens is 281 g/mol. The highest BCUT2D eigenvalue weighted by Crippen LogP contribution is 2.23. The molecule has 0 amide bonds. The summed E-state index contributed by atoms with van der Waals surface area (Å²) in [4.78, 5) is 1.66. The summed E-state index contributed by atoms with van der Waals surface area (Å²) in [5.41, 5.74) is 1.99. The molecule has 0 saturated carbocycles. The molecule has 1 aromatic rings. The highest BCUT2D eigenvalue weighted by molar-refractivity contribution is 5.37. The molecule has 0 heterocycles. The lowest BCUT2D eigenvalue weighted by atomic mass is 10.1. The van der Waals surface area contributed by atoms with Gasteiger partial charge in [-0.25, -0.2) is 0 Å². The summed E-state index contributed by atoms with van der Waals surface area (Å²) < 4.78 is 42.0. The van der Waals surface area contributed by atoms with Gasteiger partial charge in [-0.15, -0.1) is 0 Å². The molecule has 0 aliphatic heterocycles. The Morgan fingerprint density at radius 2 is 2.00 bits per heavy atom. The number of methoxy groups -OCH3 is 1. The minimum absolute atomic E-state index is 0.0237. The second-order valence-electron chi connectivity index (χ2n) is 5.03. The largest absolute Gasteiger partial charge is 0.496 e. The normalized spacial score (nSPS) is 12.0. The van der Waals surface area contributed by atoms with E-state index >= 15 is 0 Å². The Hall–Kier alpha value is -1.27. The molecule has 1 N–H and O–H groups in total. The number of benzene rings is 1. The van der Waals surface area contributed by atoms with E-state index in [-0.39, 0.29) is 6.54 Å². The summed E-state index contributed by atoms with van der Waals surface area (Å²) in [5.74, 6) is 0.703. The molecular formula is C15H23F3N2O. The molecule has 0 spiro atoms. The van der Waals surface area contributed by atoms with E-state index in [1.165, 1.54) is 0 Å². The van der Waals surface area contributed by atoms with E-state index in [0.29, 0.717) is 12.3 Å². The van der Waals surface area contributed by atoms with Crippen LogP contribution >= 0.6 is 0 Å². The average Bonchev–Trinajstić information content (AvgIpc) is 2.42. The Balaban J connectivity index is 2.70. The van der Waals surface area contributed by atoms with Crippen molar-refractivity contribution >= 4 is 0 Å². The van der Waals surface area contributed by atoms with Crippen molar-refractivity contribution in [1.82, 2.24) is 10.2 Å². The van der Waals surface area contributed by atoms with Gasteiger partial charge < -0.3 is 15.0 Å². The SMILES string of the molecule is CCNCc1ccc(OC)c(CN(C)CCC(F)(F)F)c1. The van der Waals surface area contributed by atoms with Gasteiger partial charge in [0.25, 0.3) is 0 Å². The van der Waals surface area contributed by atoms with E-state index < -0.39 is 12.6 Å². The van der Waals surface area contributed by atoms with Crippen molar-refractivity contribution in [2.45, 2.75) is 32.6 Å². The summed E-state index contributed by atoms with van der Waals surface area (Å²) in [7, 11) is 3.25. The first-order valence-electron chi connectivity index (χ1n) is 6.97. The van der Waals surface area contributed by atoms with E-state index in [1.807, 2.05) is 25.1 Å². The summed E-state index contributed by atoms with van der Waals surface area (Å²) in [5, 5.41) is 3.22. The van der Waals surface area contributed by atoms with Gasteiger partial charge in [-0.2, -0.15) is 13.2 Å². The standard InChI is InChI=1S/C15H23F3N2O/c1-4-19-10-12-5-6-14(21-3)13(9-12)11-20(2)8-7-15(16,17)18/h5-6,9,19H,4,7-8,10-11H2,1-3H3. The first-order valence-corrected chi connectivity index (χ1v) is 6.97. The Morgan fingerprint density at radius 3 is 2.57 bits per heavy atom. The lowest BCUT2D eigenvalue weighted by molar-refractivity contribution is -0.137. The van der Waals surface area contributed by atoms with Gasteiger partial charge in [0.15, 0.2) is 0 Å². The fourth-order valence-corrected chi connectivity index (χ4v) is 2.02. The minimum Gasteiger partial charge on any atom is -0.496 e. The smallest absolute Gasteiger partial charge is 0.390 e. The summed E-state index contributed by atoms with van der Waals surface area (Å²) >= 11 is 0. The maximum Gasteiger partial charge on any atom is 0.390 e. The van der Waals surface area contributed by atoms with E-state index in [2.05, 4.69) is 5.32 Å². The molecule has 0 aliphatic carbocycles. The van der Waals surface area contributed by atoms with Gasteiger partial charge in [0.2, 0.25) is 0 Å². The number of nitrogens with zero attached hydrogens (tertiary/aromatic N) is 1. The van der Waals surface area contributed by atoms with E-state index in [9.17, 15) is 13.2 Å². The van der Waals surface area contributed by atoms with Crippen LogP contribution in [0.15, 0.2) is 18.2 Å². The zero-order valence-electron chi connectivity index (χ0n) is 12.8. The van der Waals surface area contributed by atoms with Crippen LogP contribution in [0.1, 0.15) is 24.5 Å². The number of hydrogen-bond donors (Lipinski definition) is 1. The third-order valence-corrected chi connectivity index (χ3v) is 3.14. The maximum absolute atomic E-state index is 12.2. The fraction of sp³-hybridized carbons (Fsp3) is 0.600. The zero-order valence-corrected chi connectivity index (χ0v) is 12.8. The van der Waals surface area contributed by atoms with Gasteiger partial charge in [0.05, 0.1) is 13.5 Å². The van der Waals surface area contributed by atoms with Crippen LogP contribution in [0.25, 0.3) is 0 Å². The number of nitrogens with one attached hydrogen (secondary N) is 1. The monoisotopic (exact) mass is 304 g/mol. The average molecular weight is 304 g/mol. The van der Waals surface area contributed by atoms with Gasteiger partial charge >= 0.3 is 6.18 Å². The molecule has 0 saturated heterocycles. The van der Waals surface area contributed by atoms with Crippen molar-refractivity contribution in [3.05, 3.63) is 29.3 Å². The van der Waals surface area contributed by atoms with Crippen LogP contribution in [-0.2, 0) is 13.1 Å². The number of alkyl halides is 3. The Morgan fingerprint density at radius 1 is 1.29 bits per heavy atom. The summed E-state index contributed by atoms with van der Waals surface area (Å²) in [6.45, 7) is 4.03. The second-order valence-corrected chi connectivity index (χ2v) is 5.03. The van der Waals surface area contributed by atoms with Crippen molar-refractivity contribution in [1.29, 1.82) is 0 Å². The van der Waals surface area contributed by atoms with E-state index in [0.717, 1.165) is 24.2 Å². The first-order chi connectivity index (χ1) is 9.85. The Bertz CT molecular complexity index is 435. The predicted molar refractivity (Wildman–Crippen MR) is 77.4 cm³/mol. The van der Waals surface area contributed by atoms with Crippen LogP contribution in [-0.4, -0.2) is 38.3 Å². The van der Waals surface area contributed by atoms with Gasteiger partial charge in [-0.3, -0.25) is 0 Å². The number of halogens is 3. The molecule has 6 heteroatoms. The summed E-state index contributed by atoms with van der Waals surface area (Å²) in [6.07, 6.45) is -4.92. The quantitative estimate of drug-likeness (QED) is 0.798. The molecule has 3 nitrogen and oxygen atoms in total. The molecule has 0 aliphatic rings. The van der Waals surface area contributed by atoms with Crippen LogP contribution in [0, 0.1) is 0 Å².